The summed E-state index contributed by atoms with van der Waals surface area (Å²) in [6.07, 6.45) is 0.530. The zero-order valence-electron chi connectivity index (χ0n) is 13.0. The predicted molar refractivity (Wildman–Crippen MR) is 91.0 cm³/mol. The van der Waals surface area contributed by atoms with Crippen molar-refractivity contribution in [2.24, 2.45) is 0 Å². The van der Waals surface area contributed by atoms with Gasteiger partial charge >= 0.3 is 0 Å². The fourth-order valence-electron chi connectivity index (χ4n) is 2.20. The van der Waals surface area contributed by atoms with Crippen LogP contribution in [0.15, 0.2) is 45.6 Å². The minimum absolute atomic E-state index is 0.0943. The number of nitrogens with zero attached hydrogens (tertiary/aromatic N) is 2. The molecule has 2 aromatic heterocycles. The van der Waals surface area contributed by atoms with E-state index in [0.717, 1.165) is 5.56 Å². The van der Waals surface area contributed by atoms with Gasteiger partial charge in [0.1, 0.15) is 0 Å². The summed E-state index contributed by atoms with van der Waals surface area (Å²) in [5.41, 5.74) is 1.90. The standard InChI is InChI=1S/C17H15N3O3S/c1-11(21)13-4-2-3-5-14(13)18-15(22)6-7-16-19-17(20-23-16)12-8-9-24-10-12/h2-5,8-10H,6-7H2,1H3,(H,18,22). The molecule has 6 nitrogen and oxygen atoms in total. The molecule has 122 valence electrons. The van der Waals surface area contributed by atoms with E-state index in [1.54, 1.807) is 35.6 Å². The minimum atomic E-state index is -0.209. The lowest BCUT2D eigenvalue weighted by Gasteiger charge is -2.08. The average molecular weight is 341 g/mol. The number of nitrogens with one attached hydrogen (secondary N) is 1. The van der Waals surface area contributed by atoms with Gasteiger partial charge in [0.2, 0.25) is 17.6 Å². The third kappa shape index (κ3) is 3.75. The van der Waals surface area contributed by atoms with E-state index in [1.807, 2.05) is 16.8 Å². The molecule has 7 heteroatoms. The highest BCUT2D eigenvalue weighted by Gasteiger charge is 2.13. The largest absolute Gasteiger partial charge is 0.339 e. The number of benzene rings is 1. The van der Waals surface area contributed by atoms with E-state index in [2.05, 4.69) is 15.5 Å². The Morgan fingerprint density at radius 1 is 1.25 bits per heavy atom. The lowest BCUT2D eigenvalue weighted by Crippen LogP contribution is -2.14. The molecule has 0 aliphatic heterocycles. The summed E-state index contributed by atoms with van der Waals surface area (Å²) >= 11 is 1.55. The van der Waals surface area contributed by atoms with E-state index in [1.165, 1.54) is 6.92 Å². The molecule has 0 radical (unpaired) electrons. The maximum atomic E-state index is 12.1. The van der Waals surface area contributed by atoms with Gasteiger partial charge in [0.25, 0.3) is 0 Å². The molecule has 0 saturated heterocycles. The van der Waals surface area contributed by atoms with Crippen LogP contribution in [0, 0.1) is 0 Å². The SMILES string of the molecule is CC(=O)c1ccccc1NC(=O)CCc1nc(-c2ccsc2)no1. The van der Waals surface area contributed by atoms with Crippen molar-refractivity contribution >= 4 is 28.7 Å². The molecule has 0 spiro atoms. The molecule has 0 aliphatic rings. The third-order valence-corrected chi connectivity index (χ3v) is 4.08. The second-order valence-corrected chi connectivity index (χ2v) is 5.95. The summed E-state index contributed by atoms with van der Waals surface area (Å²) in [7, 11) is 0. The number of Topliss-reactive ketones (excluding diaryl/α,β-unsaturated/α-hetero) is 1. The van der Waals surface area contributed by atoms with Crippen LogP contribution in [0.25, 0.3) is 11.4 Å². The number of rotatable bonds is 6. The number of hydrogen-bond acceptors (Lipinski definition) is 6. The highest BCUT2D eigenvalue weighted by atomic mass is 32.1. The molecular weight excluding hydrogens is 326 g/mol. The van der Waals surface area contributed by atoms with Gasteiger partial charge in [-0.2, -0.15) is 16.3 Å². The lowest BCUT2D eigenvalue weighted by atomic mass is 10.1. The number of thiophene rings is 1. The Kier molecular flexibility index (Phi) is 4.81. The van der Waals surface area contributed by atoms with Crippen LogP contribution in [0.3, 0.4) is 0 Å². The molecule has 3 aromatic rings. The van der Waals surface area contributed by atoms with Gasteiger partial charge in [0.15, 0.2) is 5.78 Å². The average Bonchev–Trinajstić information content (AvgIpc) is 3.24. The Balaban J connectivity index is 1.59. The van der Waals surface area contributed by atoms with Crippen molar-refractivity contribution in [3.05, 3.63) is 52.5 Å². The molecule has 24 heavy (non-hydrogen) atoms. The van der Waals surface area contributed by atoms with Crippen molar-refractivity contribution < 1.29 is 14.1 Å². The first kappa shape index (κ1) is 16.1. The van der Waals surface area contributed by atoms with Gasteiger partial charge in [-0.05, 0) is 30.5 Å². The zero-order valence-corrected chi connectivity index (χ0v) is 13.8. The first-order chi connectivity index (χ1) is 11.6. The molecular formula is C17H15N3O3S. The molecule has 1 aromatic carbocycles. The van der Waals surface area contributed by atoms with Crippen LogP contribution in [0.1, 0.15) is 29.6 Å². The number of amides is 1. The number of ketones is 1. The van der Waals surface area contributed by atoms with Gasteiger partial charge in [0.05, 0.1) is 5.69 Å². The Morgan fingerprint density at radius 3 is 2.83 bits per heavy atom. The highest BCUT2D eigenvalue weighted by Crippen LogP contribution is 2.19. The van der Waals surface area contributed by atoms with Crippen LogP contribution < -0.4 is 5.32 Å². The zero-order chi connectivity index (χ0) is 16.9. The second-order valence-electron chi connectivity index (χ2n) is 5.17. The molecule has 0 saturated carbocycles. The number of aryl methyl sites for hydroxylation is 1. The third-order valence-electron chi connectivity index (χ3n) is 3.39. The van der Waals surface area contributed by atoms with Gasteiger partial charge in [0, 0.05) is 29.3 Å². The van der Waals surface area contributed by atoms with Crippen LogP contribution in [-0.2, 0) is 11.2 Å². The topological polar surface area (TPSA) is 85.1 Å². The number of carbonyl (C=O) groups is 2. The molecule has 0 fully saturated rings. The van der Waals surface area contributed by atoms with Crippen LogP contribution in [0.5, 0.6) is 0 Å². The Hall–Kier alpha value is -2.80. The summed E-state index contributed by atoms with van der Waals surface area (Å²) in [4.78, 5) is 27.9. The number of anilines is 1. The number of carbonyl (C=O) groups excluding carboxylic acids is 2. The smallest absolute Gasteiger partial charge is 0.227 e. The van der Waals surface area contributed by atoms with E-state index in [-0.39, 0.29) is 18.1 Å². The molecule has 3 rings (SSSR count). The van der Waals surface area contributed by atoms with E-state index in [9.17, 15) is 9.59 Å². The maximum Gasteiger partial charge on any atom is 0.227 e. The Labute approximate surface area is 142 Å². The Morgan fingerprint density at radius 2 is 2.08 bits per heavy atom. The van der Waals surface area contributed by atoms with Gasteiger partial charge in [-0.25, -0.2) is 0 Å². The molecule has 0 bridgehead atoms. The van der Waals surface area contributed by atoms with E-state index >= 15 is 0 Å². The fraction of sp³-hybridized carbons (Fsp3) is 0.176. The molecule has 2 heterocycles. The van der Waals surface area contributed by atoms with Crippen molar-refractivity contribution in [3.63, 3.8) is 0 Å². The fourth-order valence-corrected chi connectivity index (χ4v) is 2.83. The first-order valence-corrected chi connectivity index (χ1v) is 8.33. The van der Waals surface area contributed by atoms with Gasteiger partial charge in [-0.15, -0.1) is 0 Å². The quantitative estimate of drug-likeness (QED) is 0.693. The summed E-state index contributed by atoms with van der Waals surface area (Å²) in [5, 5.41) is 10.5. The van der Waals surface area contributed by atoms with Crippen LogP contribution in [0.2, 0.25) is 0 Å². The van der Waals surface area contributed by atoms with Crippen LogP contribution in [0.4, 0.5) is 5.69 Å². The summed E-state index contributed by atoms with van der Waals surface area (Å²) in [6.45, 7) is 1.47. The van der Waals surface area contributed by atoms with Crippen molar-refractivity contribution in [3.8, 4) is 11.4 Å². The molecule has 0 unspecified atom stereocenters. The first-order valence-electron chi connectivity index (χ1n) is 7.38. The van der Waals surface area contributed by atoms with Crippen LogP contribution >= 0.6 is 11.3 Å². The molecule has 1 amide bonds. The van der Waals surface area contributed by atoms with Crippen molar-refractivity contribution in [1.82, 2.24) is 10.1 Å². The van der Waals surface area contributed by atoms with E-state index in [0.29, 0.717) is 29.4 Å². The van der Waals surface area contributed by atoms with Gasteiger partial charge in [-0.1, -0.05) is 17.3 Å². The van der Waals surface area contributed by atoms with Crippen molar-refractivity contribution in [2.45, 2.75) is 19.8 Å². The Bertz CT molecular complexity index is 856. The summed E-state index contributed by atoms with van der Waals surface area (Å²) in [6, 6.07) is 8.83. The van der Waals surface area contributed by atoms with Crippen molar-refractivity contribution in [1.29, 1.82) is 0 Å². The summed E-state index contributed by atoms with van der Waals surface area (Å²) in [5.74, 6) is 0.627. The van der Waals surface area contributed by atoms with E-state index in [4.69, 9.17) is 4.52 Å². The molecule has 1 N–H and O–H groups in total. The predicted octanol–water partition coefficient (Wildman–Crippen LogP) is 3.57. The van der Waals surface area contributed by atoms with E-state index < -0.39 is 0 Å². The normalized spacial score (nSPS) is 10.5. The minimum Gasteiger partial charge on any atom is -0.339 e. The number of para-hydroxylation sites is 1. The maximum absolute atomic E-state index is 12.1. The molecule has 0 atom stereocenters. The van der Waals surface area contributed by atoms with Gasteiger partial charge in [-0.3, -0.25) is 9.59 Å². The highest BCUT2D eigenvalue weighted by molar-refractivity contribution is 7.08. The van der Waals surface area contributed by atoms with Gasteiger partial charge < -0.3 is 9.84 Å². The molecule has 0 aliphatic carbocycles. The lowest BCUT2D eigenvalue weighted by molar-refractivity contribution is -0.116. The summed E-state index contributed by atoms with van der Waals surface area (Å²) < 4.78 is 5.16. The monoisotopic (exact) mass is 341 g/mol. The van der Waals surface area contributed by atoms with Crippen molar-refractivity contribution in [2.75, 3.05) is 5.32 Å². The number of hydrogen-bond donors (Lipinski definition) is 1. The van der Waals surface area contributed by atoms with Crippen LogP contribution in [-0.4, -0.2) is 21.8 Å². The second kappa shape index (κ2) is 7.18. The number of aromatic nitrogens is 2.